The molecule has 2 rings (SSSR count). The largest absolute Gasteiger partial charge is 0.480 e. The minimum atomic E-state index is -1.36. The first-order valence-electron chi connectivity index (χ1n) is 5.35. The lowest BCUT2D eigenvalue weighted by molar-refractivity contribution is -0.142. The zero-order valence-electron chi connectivity index (χ0n) is 9.47. The Kier molecular flexibility index (Phi) is 3.23. The Morgan fingerprint density at radius 2 is 2.22 bits per heavy atom. The topological polar surface area (TPSA) is 96.5 Å². The SMILES string of the molecule is NC1(C(=O)O)CCN(C(=O)c2ccc(Cl)cn2)C1. The molecule has 2 heterocycles. The molecule has 1 unspecified atom stereocenters. The molecule has 1 amide bonds. The van der Waals surface area contributed by atoms with E-state index < -0.39 is 11.5 Å². The maximum atomic E-state index is 12.0. The van der Waals surface area contributed by atoms with E-state index in [-0.39, 0.29) is 24.6 Å². The van der Waals surface area contributed by atoms with E-state index in [4.69, 9.17) is 22.4 Å². The number of halogens is 1. The van der Waals surface area contributed by atoms with E-state index in [9.17, 15) is 9.59 Å². The number of carbonyl (C=O) groups is 2. The number of carboxylic acids is 1. The van der Waals surface area contributed by atoms with E-state index in [1.54, 1.807) is 6.07 Å². The molecular formula is C11H12ClN3O3. The summed E-state index contributed by atoms with van der Waals surface area (Å²) in [6.07, 6.45) is 1.61. The van der Waals surface area contributed by atoms with Crippen LogP contribution >= 0.6 is 11.6 Å². The molecule has 0 spiro atoms. The van der Waals surface area contributed by atoms with Gasteiger partial charge in [0.2, 0.25) is 0 Å². The Balaban J connectivity index is 2.12. The average molecular weight is 270 g/mol. The third-order valence-electron chi connectivity index (χ3n) is 2.96. The van der Waals surface area contributed by atoms with Gasteiger partial charge in [-0.2, -0.15) is 0 Å². The van der Waals surface area contributed by atoms with Crippen LogP contribution in [0.5, 0.6) is 0 Å². The smallest absolute Gasteiger partial charge is 0.325 e. The van der Waals surface area contributed by atoms with Crippen molar-refractivity contribution >= 4 is 23.5 Å². The van der Waals surface area contributed by atoms with Crippen LogP contribution in [0.3, 0.4) is 0 Å². The second kappa shape index (κ2) is 4.55. The van der Waals surface area contributed by atoms with Gasteiger partial charge in [-0.15, -0.1) is 0 Å². The van der Waals surface area contributed by atoms with E-state index in [1.165, 1.54) is 17.2 Å². The van der Waals surface area contributed by atoms with Gasteiger partial charge in [-0.25, -0.2) is 4.98 Å². The third kappa shape index (κ3) is 2.30. The normalized spacial score (nSPS) is 23.1. The summed E-state index contributed by atoms with van der Waals surface area (Å²) >= 11 is 5.68. The number of hydrogen-bond acceptors (Lipinski definition) is 4. The highest BCUT2D eigenvalue weighted by Gasteiger charge is 2.43. The van der Waals surface area contributed by atoms with E-state index in [2.05, 4.69) is 4.98 Å². The number of carbonyl (C=O) groups excluding carboxylic acids is 1. The molecule has 7 heteroatoms. The fraction of sp³-hybridized carbons (Fsp3) is 0.364. The number of amides is 1. The summed E-state index contributed by atoms with van der Waals surface area (Å²) in [7, 11) is 0. The molecule has 6 nitrogen and oxygen atoms in total. The van der Waals surface area contributed by atoms with Crippen molar-refractivity contribution in [2.45, 2.75) is 12.0 Å². The maximum absolute atomic E-state index is 12.0. The Morgan fingerprint density at radius 1 is 1.50 bits per heavy atom. The van der Waals surface area contributed by atoms with E-state index in [1.807, 2.05) is 0 Å². The molecular weight excluding hydrogens is 258 g/mol. The summed E-state index contributed by atoms with van der Waals surface area (Å²) in [5.41, 5.74) is 4.57. The molecule has 0 saturated carbocycles. The number of carboxylic acid groups (broad SMARTS) is 1. The summed E-state index contributed by atoms with van der Waals surface area (Å²) in [4.78, 5) is 28.3. The van der Waals surface area contributed by atoms with Crippen molar-refractivity contribution in [3.05, 3.63) is 29.0 Å². The highest BCUT2D eigenvalue weighted by Crippen LogP contribution is 2.20. The molecule has 0 aliphatic carbocycles. The van der Waals surface area contributed by atoms with Crippen LogP contribution in [0.15, 0.2) is 18.3 Å². The first-order chi connectivity index (χ1) is 8.42. The molecule has 0 radical (unpaired) electrons. The Morgan fingerprint density at radius 3 is 2.72 bits per heavy atom. The van der Waals surface area contributed by atoms with Crippen LogP contribution in [0, 0.1) is 0 Å². The van der Waals surface area contributed by atoms with Crippen molar-refractivity contribution in [3.63, 3.8) is 0 Å². The molecule has 1 fully saturated rings. The standard InChI is InChI=1S/C11H12ClN3O3/c12-7-1-2-8(14-5-7)9(16)15-4-3-11(13,6-15)10(17)18/h1-2,5H,3-4,6,13H2,(H,17,18). The first kappa shape index (κ1) is 12.8. The molecule has 1 aliphatic heterocycles. The van der Waals surface area contributed by atoms with Crippen molar-refractivity contribution < 1.29 is 14.7 Å². The van der Waals surface area contributed by atoms with Gasteiger partial charge < -0.3 is 15.7 Å². The summed E-state index contributed by atoms with van der Waals surface area (Å²) < 4.78 is 0. The number of pyridine rings is 1. The number of aromatic nitrogens is 1. The van der Waals surface area contributed by atoms with Crippen LogP contribution in [0.25, 0.3) is 0 Å². The maximum Gasteiger partial charge on any atom is 0.325 e. The lowest BCUT2D eigenvalue weighted by Gasteiger charge is -2.19. The lowest BCUT2D eigenvalue weighted by Crippen LogP contribution is -2.50. The quantitative estimate of drug-likeness (QED) is 0.808. The second-order valence-corrected chi connectivity index (χ2v) is 4.74. The molecule has 18 heavy (non-hydrogen) atoms. The van der Waals surface area contributed by atoms with Gasteiger partial charge in [0.25, 0.3) is 5.91 Å². The molecule has 1 aliphatic rings. The Labute approximate surface area is 108 Å². The van der Waals surface area contributed by atoms with Gasteiger partial charge in [0, 0.05) is 19.3 Å². The minimum absolute atomic E-state index is 0.00846. The van der Waals surface area contributed by atoms with E-state index >= 15 is 0 Å². The third-order valence-corrected chi connectivity index (χ3v) is 3.18. The molecule has 1 aromatic rings. The highest BCUT2D eigenvalue weighted by atomic mass is 35.5. The minimum Gasteiger partial charge on any atom is -0.480 e. The molecule has 0 bridgehead atoms. The fourth-order valence-corrected chi connectivity index (χ4v) is 1.96. The Hall–Kier alpha value is -1.66. The molecule has 1 aromatic heterocycles. The molecule has 3 N–H and O–H groups in total. The summed E-state index contributed by atoms with van der Waals surface area (Å²) in [5, 5.41) is 9.42. The molecule has 0 aromatic carbocycles. The predicted octanol–water partition coefficient (Wildman–Crippen LogP) is 0.363. The number of rotatable bonds is 2. The van der Waals surface area contributed by atoms with Crippen molar-refractivity contribution in [1.82, 2.24) is 9.88 Å². The first-order valence-corrected chi connectivity index (χ1v) is 5.73. The predicted molar refractivity (Wildman–Crippen MR) is 64.3 cm³/mol. The monoisotopic (exact) mass is 269 g/mol. The molecule has 1 atom stereocenters. The number of nitrogens with zero attached hydrogens (tertiary/aromatic N) is 2. The van der Waals surface area contributed by atoms with Crippen molar-refractivity contribution in [1.29, 1.82) is 0 Å². The van der Waals surface area contributed by atoms with Crippen molar-refractivity contribution in [2.75, 3.05) is 13.1 Å². The zero-order valence-corrected chi connectivity index (χ0v) is 10.2. The summed E-state index contributed by atoms with van der Waals surface area (Å²) in [6, 6.07) is 3.06. The van der Waals surface area contributed by atoms with Crippen LogP contribution < -0.4 is 5.73 Å². The second-order valence-electron chi connectivity index (χ2n) is 4.30. The van der Waals surface area contributed by atoms with Gasteiger partial charge >= 0.3 is 5.97 Å². The fourth-order valence-electron chi connectivity index (χ4n) is 1.85. The Bertz CT molecular complexity index is 491. The van der Waals surface area contributed by atoms with Crippen LogP contribution in [-0.2, 0) is 4.79 Å². The average Bonchev–Trinajstić information content (AvgIpc) is 2.73. The van der Waals surface area contributed by atoms with E-state index in [0.717, 1.165) is 0 Å². The number of likely N-dealkylation sites (tertiary alicyclic amines) is 1. The van der Waals surface area contributed by atoms with Gasteiger partial charge in [-0.05, 0) is 18.6 Å². The van der Waals surface area contributed by atoms with Crippen LogP contribution in [0.4, 0.5) is 0 Å². The van der Waals surface area contributed by atoms with Crippen molar-refractivity contribution in [3.8, 4) is 0 Å². The van der Waals surface area contributed by atoms with Gasteiger partial charge in [0.15, 0.2) is 0 Å². The van der Waals surface area contributed by atoms with Crippen LogP contribution in [0.2, 0.25) is 5.02 Å². The zero-order chi connectivity index (χ0) is 13.3. The van der Waals surface area contributed by atoms with Gasteiger partial charge in [-0.1, -0.05) is 11.6 Å². The number of aliphatic carboxylic acids is 1. The van der Waals surface area contributed by atoms with Crippen molar-refractivity contribution in [2.24, 2.45) is 5.73 Å². The van der Waals surface area contributed by atoms with Gasteiger partial charge in [0.1, 0.15) is 11.2 Å². The molecule has 96 valence electrons. The van der Waals surface area contributed by atoms with E-state index in [0.29, 0.717) is 11.6 Å². The van der Waals surface area contributed by atoms with Crippen LogP contribution in [-0.4, -0.2) is 45.5 Å². The summed E-state index contributed by atoms with van der Waals surface area (Å²) in [5.74, 6) is -1.43. The highest BCUT2D eigenvalue weighted by molar-refractivity contribution is 6.30. The lowest BCUT2D eigenvalue weighted by atomic mass is 10.0. The van der Waals surface area contributed by atoms with Gasteiger partial charge in [-0.3, -0.25) is 9.59 Å². The number of hydrogen-bond donors (Lipinski definition) is 2. The number of nitrogens with two attached hydrogens (primary N) is 1. The molecule has 1 saturated heterocycles. The summed E-state index contributed by atoms with van der Waals surface area (Å²) in [6.45, 7) is 0.303. The van der Waals surface area contributed by atoms with Crippen LogP contribution in [0.1, 0.15) is 16.9 Å². The van der Waals surface area contributed by atoms with Gasteiger partial charge in [0.05, 0.1) is 5.02 Å².